The van der Waals surface area contributed by atoms with Gasteiger partial charge in [-0.15, -0.1) is 0 Å². The smallest absolute Gasteiger partial charge is 0.242 e. The number of carbonyl (C=O) groups excluding carboxylic acids is 2. The van der Waals surface area contributed by atoms with Crippen molar-refractivity contribution in [3.8, 4) is 0 Å². The lowest BCUT2D eigenvalue weighted by molar-refractivity contribution is -0.141. The summed E-state index contributed by atoms with van der Waals surface area (Å²) in [7, 11) is -3.60. The van der Waals surface area contributed by atoms with E-state index in [0.29, 0.717) is 26.3 Å². The highest BCUT2D eigenvalue weighted by Crippen LogP contribution is 2.25. The van der Waals surface area contributed by atoms with Crippen LogP contribution in [0.15, 0.2) is 42.5 Å². The maximum Gasteiger partial charge on any atom is 0.242 e. The molecule has 1 aliphatic carbocycles. The number of anilines is 1. The predicted molar refractivity (Wildman–Crippen MR) is 154 cm³/mol. The van der Waals surface area contributed by atoms with Gasteiger partial charge in [-0.05, 0) is 62.1 Å². The molecule has 0 heterocycles. The Bertz CT molecular complexity index is 1240. The van der Waals surface area contributed by atoms with E-state index >= 15 is 0 Å². The van der Waals surface area contributed by atoms with E-state index in [9.17, 15) is 18.0 Å². The lowest BCUT2D eigenvalue weighted by atomic mass is 9.95. The highest BCUT2D eigenvalue weighted by Gasteiger charge is 2.29. The van der Waals surface area contributed by atoms with Crippen molar-refractivity contribution in [3.63, 3.8) is 0 Å². The third kappa shape index (κ3) is 8.76. The zero-order valence-corrected chi connectivity index (χ0v) is 24.7. The summed E-state index contributed by atoms with van der Waals surface area (Å²) >= 11 is 18.5. The van der Waals surface area contributed by atoms with Crippen LogP contribution in [0.5, 0.6) is 0 Å². The number of amides is 2. The van der Waals surface area contributed by atoms with Crippen molar-refractivity contribution in [2.75, 3.05) is 17.1 Å². The minimum atomic E-state index is -3.60. The summed E-state index contributed by atoms with van der Waals surface area (Å²) in [5.74, 6) is -0.492. The molecule has 208 valence electrons. The van der Waals surface area contributed by atoms with E-state index in [1.165, 1.54) is 15.6 Å². The molecule has 0 radical (unpaired) electrons. The van der Waals surface area contributed by atoms with Crippen LogP contribution in [0.3, 0.4) is 0 Å². The quantitative estimate of drug-likeness (QED) is 0.339. The molecule has 2 aromatic rings. The molecular weight excluding hydrogens is 569 g/mol. The fourth-order valence-electron chi connectivity index (χ4n) is 4.62. The minimum absolute atomic E-state index is 0.0405. The van der Waals surface area contributed by atoms with Crippen molar-refractivity contribution in [1.82, 2.24) is 10.2 Å². The van der Waals surface area contributed by atoms with Gasteiger partial charge in [0.15, 0.2) is 0 Å². The number of sulfonamides is 1. The second-order valence-electron chi connectivity index (χ2n) is 9.70. The number of hydrogen-bond donors (Lipinski definition) is 1. The van der Waals surface area contributed by atoms with Gasteiger partial charge in [0.2, 0.25) is 21.8 Å². The molecule has 0 spiro atoms. The van der Waals surface area contributed by atoms with Gasteiger partial charge < -0.3 is 10.2 Å². The molecule has 7 nitrogen and oxygen atoms in total. The molecule has 2 aromatic carbocycles. The van der Waals surface area contributed by atoms with Crippen LogP contribution in [0.1, 0.15) is 57.4 Å². The molecule has 38 heavy (non-hydrogen) atoms. The Labute approximate surface area is 240 Å². The van der Waals surface area contributed by atoms with Gasteiger partial charge in [0.1, 0.15) is 6.04 Å². The number of benzene rings is 2. The van der Waals surface area contributed by atoms with Gasteiger partial charge in [-0.25, -0.2) is 8.42 Å². The van der Waals surface area contributed by atoms with Crippen molar-refractivity contribution in [2.45, 2.75) is 70.5 Å². The second kappa shape index (κ2) is 13.9. The zero-order chi connectivity index (χ0) is 27.9. The summed E-state index contributed by atoms with van der Waals surface area (Å²) in [6, 6.07) is 10.9. The van der Waals surface area contributed by atoms with Crippen LogP contribution in [0.25, 0.3) is 0 Å². The van der Waals surface area contributed by atoms with E-state index in [4.69, 9.17) is 34.8 Å². The first-order valence-electron chi connectivity index (χ1n) is 12.7. The average molecular weight is 603 g/mol. The Morgan fingerprint density at radius 2 is 1.71 bits per heavy atom. The third-order valence-corrected chi connectivity index (χ3v) is 8.74. The second-order valence-corrected chi connectivity index (χ2v) is 12.9. The maximum atomic E-state index is 13.5. The molecule has 1 N–H and O–H groups in total. The first-order chi connectivity index (χ1) is 18.0. The molecule has 0 bridgehead atoms. The predicted octanol–water partition coefficient (Wildman–Crippen LogP) is 6.06. The fraction of sp³-hybridized carbons (Fsp3) is 0.481. The zero-order valence-electron chi connectivity index (χ0n) is 21.6. The highest BCUT2D eigenvalue weighted by atomic mass is 35.5. The van der Waals surface area contributed by atoms with E-state index < -0.39 is 16.1 Å². The van der Waals surface area contributed by atoms with Gasteiger partial charge in [0.25, 0.3) is 0 Å². The van der Waals surface area contributed by atoms with Crippen LogP contribution in [0, 0.1) is 0 Å². The third-order valence-electron chi connectivity index (χ3n) is 6.72. The number of hydrogen-bond acceptors (Lipinski definition) is 4. The van der Waals surface area contributed by atoms with Gasteiger partial charge in [0, 0.05) is 40.6 Å². The number of rotatable bonds is 11. The van der Waals surface area contributed by atoms with Gasteiger partial charge in [-0.1, -0.05) is 66.2 Å². The largest absolute Gasteiger partial charge is 0.352 e. The summed E-state index contributed by atoms with van der Waals surface area (Å²) in [5, 5.41) is 4.39. The highest BCUT2D eigenvalue weighted by molar-refractivity contribution is 7.92. The van der Waals surface area contributed by atoms with Gasteiger partial charge >= 0.3 is 0 Å². The first-order valence-corrected chi connectivity index (χ1v) is 15.7. The van der Waals surface area contributed by atoms with Gasteiger partial charge in [-0.3, -0.25) is 13.9 Å². The van der Waals surface area contributed by atoms with Crippen molar-refractivity contribution in [2.24, 2.45) is 0 Å². The molecule has 1 atom stereocenters. The molecule has 1 saturated carbocycles. The Morgan fingerprint density at radius 3 is 2.34 bits per heavy atom. The summed E-state index contributed by atoms with van der Waals surface area (Å²) in [6.45, 7) is 1.91. The molecule has 11 heteroatoms. The van der Waals surface area contributed by atoms with E-state index in [1.54, 1.807) is 49.4 Å². The van der Waals surface area contributed by atoms with Crippen molar-refractivity contribution >= 4 is 62.3 Å². The molecule has 1 aliphatic rings. The van der Waals surface area contributed by atoms with Crippen LogP contribution in [0.4, 0.5) is 5.69 Å². The normalized spacial score (nSPS) is 15.1. The molecule has 1 fully saturated rings. The summed E-state index contributed by atoms with van der Waals surface area (Å²) in [5.41, 5.74) is 1.09. The summed E-state index contributed by atoms with van der Waals surface area (Å²) in [4.78, 5) is 28.1. The van der Waals surface area contributed by atoms with E-state index in [-0.39, 0.29) is 43.8 Å². The summed E-state index contributed by atoms with van der Waals surface area (Å²) < 4.78 is 26.1. The SMILES string of the molecule is CC(C(=O)NC1CCCCC1)N(Cc1ccc(Cl)cc1Cl)C(=O)CCCN(c1cccc(Cl)c1)S(C)(=O)=O. The summed E-state index contributed by atoms with van der Waals surface area (Å²) in [6.07, 6.45) is 6.58. The van der Waals surface area contributed by atoms with Gasteiger partial charge in [-0.2, -0.15) is 0 Å². The lowest BCUT2D eigenvalue weighted by Gasteiger charge is -2.32. The van der Waals surface area contributed by atoms with Crippen LogP contribution >= 0.6 is 34.8 Å². The first kappa shape index (κ1) is 30.5. The monoisotopic (exact) mass is 601 g/mol. The molecule has 0 aromatic heterocycles. The Morgan fingerprint density at radius 1 is 1.03 bits per heavy atom. The fourth-order valence-corrected chi connectivity index (χ4v) is 6.23. The van der Waals surface area contributed by atoms with E-state index in [2.05, 4.69) is 5.32 Å². The van der Waals surface area contributed by atoms with Crippen molar-refractivity contribution in [1.29, 1.82) is 0 Å². The average Bonchev–Trinajstić information content (AvgIpc) is 2.85. The number of nitrogens with one attached hydrogen (secondary N) is 1. The Hall–Kier alpha value is -2.00. The van der Waals surface area contributed by atoms with Gasteiger partial charge in [0.05, 0.1) is 11.9 Å². The van der Waals surface area contributed by atoms with Crippen molar-refractivity contribution in [3.05, 3.63) is 63.1 Å². The molecule has 0 saturated heterocycles. The number of carbonyl (C=O) groups is 2. The van der Waals surface area contributed by atoms with Crippen molar-refractivity contribution < 1.29 is 18.0 Å². The topological polar surface area (TPSA) is 86.8 Å². The molecule has 1 unspecified atom stereocenters. The van der Waals surface area contributed by atoms with Crippen LogP contribution in [0.2, 0.25) is 15.1 Å². The molecule has 3 rings (SSSR count). The lowest BCUT2D eigenvalue weighted by Crippen LogP contribution is -2.50. The van der Waals surface area contributed by atoms with E-state index in [0.717, 1.165) is 31.9 Å². The van der Waals surface area contributed by atoms with Crippen LogP contribution < -0.4 is 9.62 Å². The van der Waals surface area contributed by atoms with Crippen LogP contribution in [-0.4, -0.2) is 50.0 Å². The number of halogens is 3. The number of nitrogens with zero attached hydrogens (tertiary/aromatic N) is 2. The molecule has 2 amide bonds. The molecule has 0 aliphatic heterocycles. The Kier molecular flexibility index (Phi) is 11.2. The van der Waals surface area contributed by atoms with E-state index in [1.807, 2.05) is 0 Å². The maximum absolute atomic E-state index is 13.5. The standard InChI is InChI=1S/C27H34Cl3N3O4S/c1-19(27(35)31-23-9-4-3-5-10-23)32(18-20-13-14-22(29)17-25(20)30)26(34)12-7-15-33(38(2,36)37)24-11-6-8-21(28)16-24/h6,8,11,13-14,16-17,19,23H,3-5,7,9-10,12,15,18H2,1-2H3,(H,31,35). The minimum Gasteiger partial charge on any atom is -0.352 e. The Balaban J connectivity index is 1.74. The molecular formula is C27H34Cl3N3O4S. The van der Waals surface area contributed by atoms with Crippen LogP contribution in [-0.2, 0) is 26.2 Å².